The Morgan fingerprint density at radius 1 is 1.22 bits per heavy atom. The lowest BCUT2D eigenvalue weighted by Crippen LogP contribution is -2.38. The fraction of sp³-hybridized carbons (Fsp3) is 0.625. The molecule has 3 atom stereocenters. The molecule has 2 heteroatoms. The first-order valence-electron chi connectivity index (χ1n) is 7.19. The van der Waals surface area contributed by atoms with Crippen molar-refractivity contribution in [2.24, 2.45) is 17.8 Å². The zero-order valence-corrected chi connectivity index (χ0v) is 11.8. The maximum Gasteiger partial charge on any atom is 0.0576 e. The third-order valence-corrected chi connectivity index (χ3v) is 4.32. The summed E-state index contributed by atoms with van der Waals surface area (Å²) in [6, 6.07) is 8.67. The van der Waals surface area contributed by atoms with Crippen LogP contribution in [0, 0.1) is 17.8 Å². The maximum atomic E-state index is 6.03. The molecule has 1 aliphatic carbocycles. The minimum atomic E-state index is 0.568. The topological polar surface area (TPSA) is 38.0 Å². The van der Waals surface area contributed by atoms with Crippen molar-refractivity contribution in [1.82, 2.24) is 0 Å². The van der Waals surface area contributed by atoms with Crippen molar-refractivity contribution in [3.8, 4) is 0 Å². The van der Waals surface area contributed by atoms with Gasteiger partial charge in [0.15, 0.2) is 0 Å². The molecule has 0 bridgehead atoms. The molecule has 1 aliphatic rings. The number of benzene rings is 1. The molecular formula is C16H26N2. The number of hydrogen-bond donors (Lipinski definition) is 2. The predicted octanol–water partition coefficient (Wildman–Crippen LogP) is 4.14. The van der Waals surface area contributed by atoms with Crippen LogP contribution in [0.5, 0.6) is 0 Å². The summed E-state index contributed by atoms with van der Waals surface area (Å²) in [5, 5.41) is 3.69. The van der Waals surface area contributed by atoms with E-state index in [-0.39, 0.29) is 0 Å². The third kappa shape index (κ3) is 2.98. The van der Waals surface area contributed by atoms with Gasteiger partial charge < -0.3 is 11.1 Å². The molecule has 2 nitrogen and oxygen atoms in total. The van der Waals surface area contributed by atoms with Crippen LogP contribution in [-0.4, -0.2) is 6.04 Å². The summed E-state index contributed by atoms with van der Waals surface area (Å²) >= 11 is 0. The van der Waals surface area contributed by atoms with E-state index in [1.165, 1.54) is 19.3 Å². The van der Waals surface area contributed by atoms with Gasteiger partial charge in [-0.2, -0.15) is 0 Å². The second kappa shape index (κ2) is 5.64. The molecular weight excluding hydrogens is 220 g/mol. The summed E-state index contributed by atoms with van der Waals surface area (Å²) < 4.78 is 0. The second-order valence-corrected chi connectivity index (χ2v) is 6.16. The maximum absolute atomic E-state index is 6.03. The summed E-state index contributed by atoms with van der Waals surface area (Å²) in [6.07, 6.45) is 3.96. The average Bonchev–Trinajstić information content (AvgIpc) is 2.32. The van der Waals surface area contributed by atoms with Gasteiger partial charge >= 0.3 is 0 Å². The van der Waals surface area contributed by atoms with E-state index in [1.54, 1.807) is 0 Å². The Labute approximate surface area is 111 Å². The first-order chi connectivity index (χ1) is 8.58. The molecule has 0 spiro atoms. The van der Waals surface area contributed by atoms with Gasteiger partial charge in [-0.1, -0.05) is 39.3 Å². The zero-order chi connectivity index (χ0) is 13.1. The molecule has 0 saturated heterocycles. The molecule has 1 fully saturated rings. The highest BCUT2D eigenvalue weighted by molar-refractivity contribution is 5.66. The second-order valence-electron chi connectivity index (χ2n) is 6.16. The highest BCUT2D eigenvalue weighted by Gasteiger charge is 2.30. The molecule has 1 aromatic rings. The van der Waals surface area contributed by atoms with Gasteiger partial charge in [0, 0.05) is 6.04 Å². The van der Waals surface area contributed by atoms with E-state index in [4.69, 9.17) is 5.73 Å². The summed E-state index contributed by atoms with van der Waals surface area (Å²) in [4.78, 5) is 0. The summed E-state index contributed by atoms with van der Waals surface area (Å²) in [7, 11) is 0. The largest absolute Gasteiger partial charge is 0.397 e. The van der Waals surface area contributed by atoms with E-state index in [0.717, 1.165) is 29.1 Å². The highest BCUT2D eigenvalue weighted by Crippen LogP contribution is 2.35. The van der Waals surface area contributed by atoms with Gasteiger partial charge in [0.25, 0.3) is 0 Å². The molecule has 0 aliphatic heterocycles. The molecule has 1 saturated carbocycles. The van der Waals surface area contributed by atoms with E-state index in [2.05, 4.69) is 38.2 Å². The molecule has 0 radical (unpaired) electrons. The Hall–Kier alpha value is -1.18. The van der Waals surface area contributed by atoms with Gasteiger partial charge in [-0.15, -0.1) is 0 Å². The first-order valence-corrected chi connectivity index (χ1v) is 7.19. The number of nitrogens with one attached hydrogen (secondary N) is 1. The molecule has 2 rings (SSSR count). The van der Waals surface area contributed by atoms with Crippen LogP contribution in [0.15, 0.2) is 24.3 Å². The van der Waals surface area contributed by atoms with Crippen molar-refractivity contribution in [2.75, 3.05) is 11.1 Å². The fourth-order valence-electron chi connectivity index (χ4n) is 3.20. The van der Waals surface area contributed by atoms with Crippen molar-refractivity contribution < 1.29 is 0 Å². The minimum Gasteiger partial charge on any atom is -0.397 e. The molecule has 18 heavy (non-hydrogen) atoms. The van der Waals surface area contributed by atoms with E-state index in [9.17, 15) is 0 Å². The number of nitrogen functional groups attached to an aromatic ring is 1. The van der Waals surface area contributed by atoms with Crippen molar-refractivity contribution in [2.45, 2.75) is 46.1 Å². The number of para-hydroxylation sites is 2. The Bertz CT molecular complexity index is 386. The quantitative estimate of drug-likeness (QED) is 0.787. The number of nitrogens with two attached hydrogens (primary N) is 1. The van der Waals surface area contributed by atoms with Gasteiger partial charge in [0.05, 0.1) is 11.4 Å². The van der Waals surface area contributed by atoms with E-state index >= 15 is 0 Å². The number of hydrogen-bond acceptors (Lipinski definition) is 2. The van der Waals surface area contributed by atoms with Crippen molar-refractivity contribution in [3.05, 3.63) is 24.3 Å². The lowest BCUT2D eigenvalue weighted by Gasteiger charge is -2.38. The Morgan fingerprint density at radius 3 is 2.61 bits per heavy atom. The summed E-state index contributed by atoms with van der Waals surface area (Å²) in [5.41, 5.74) is 7.99. The molecule has 3 N–H and O–H groups in total. The van der Waals surface area contributed by atoms with Crippen molar-refractivity contribution in [3.63, 3.8) is 0 Å². The lowest BCUT2D eigenvalue weighted by molar-refractivity contribution is 0.212. The van der Waals surface area contributed by atoms with Crippen LogP contribution in [0.4, 0.5) is 11.4 Å². The SMILES string of the molecule is CC1CC[C@@H](C(C)C)C(Nc2ccccc2N)C1. The zero-order valence-electron chi connectivity index (χ0n) is 11.8. The normalized spacial score (nSPS) is 28.3. The standard InChI is InChI=1S/C16H26N2/c1-11(2)13-9-8-12(3)10-16(13)18-15-7-5-4-6-14(15)17/h4-7,11-13,16,18H,8-10,17H2,1-3H3/t12?,13-,16?/m0/s1. The average molecular weight is 246 g/mol. The number of rotatable bonds is 3. The van der Waals surface area contributed by atoms with Crippen LogP contribution in [0.2, 0.25) is 0 Å². The highest BCUT2D eigenvalue weighted by atomic mass is 14.9. The van der Waals surface area contributed by atoms with Crippen LogP contribution in [-0.2, 0) is 0 Å². The van der Waals surface area contributed by atoms with Gasteiger partial charge in [0.2, 0.25) is 0 Å². The third-order valence-electron chi connectivity index (χ3n) is 4.32. The van der Waals surface area contributed by atoms with E-state index < -0.39 is 0 Å². The van der Waals surface area contributed by atoms with Crippen LogP contribution < -0.4 is 11.1 Å². The van der Waals surface area contributed by atoms with Gasteiger partial charge in [-0.3, -0.25) is 0 Å². The smallest absolute Gasteiger partial charge is 0.0576 e. The predicted molar refractivity (Wildman–Crippen MR) is 79.6 cm³/mol. The van der Waals surface area contributed by atoms with E-state index in [0.29, 0.717) is 6.04 Å². The lowest BCUT2D eigenvalue weighted by atomic mass is 9.74. The summed E-state index contributed by atoms with van der Waals surface area (Å²) in [5.74, 6) is 2.32. The minimum absolute atomic E-state index is 0.568. The Balaban J connectivity index is 2.11. The van der Waals surface area contributed by atoms with Gasteiger partial charge in [-0.05, 0) is 42.7 Å². The van der Waals surface area contributed by atoms with E-state index in [1.807, 2.05) is 12.1 Å². The van der Waals surface area contributed by atoms with Gasteiger partial charge in [0.1, 0.15) is 0 Å². The number of anilines is 2. The summed E-state index contributed by atoms with van der Waals surface area (Å²) in [6.45, 7) is 7.03. The Morgan fingerprint density at radius 2 is 1.94 bits per heavy atom. The molecule has 2 unspecified atom stereocenters. The van der Waals surface area contributed by atoms with Crippen molar-refractivity contribution in [1.29, 1.82) is 0 Å². The molecule has 100 valence electrons. The molecule has 0 amide bonds. The van der Waals surface area contributed by atoms with Crippen molar-refractivity contribution >= 4 is 11.4 Å². The van der Waals surface area contributed by atoms with Crippen LogP contribution in [0.25, 0.3) is 0 Å². The fourth-order valence-corrected chi connectivity index (χ4v) is 3.20. The van der Waals surface area contributed by atoms with Crippen LogP contribution in [0.1, 0.15) is 40.0 Å². The van der Waals surface area contributed by atoms with Crippen LogP contribution >= 0.6 is 0 Å². The monoisotopic (exact) mass is 246 g/mol. The Kier molecular flexibility index (Phi) is 4.15. The van der Waals surface area contributed by atoms with Gasteiger partial charge in [-0.25, -0.2) is 0 Å². The van der Waals surface area contributed by atoms with Crippen LogP contribution in [0.3, 0.4) is 0 Å². The first kappa shape index (κ1) is 13.3. The molecule has 0 heterocycles. The molecule has 1 aromatic carbocycles. The molecule has 0 aromatic heterocycles.